The number of carbonyl (C=O) groups excluding carboxylic acids is 3. The van der Waals surface area contributed by atoms with Gasteiger partial charge in [-0.1, -0.05) is 141 Å². The van der Waals surface area contributed by atoms with Crippen LogP contribution in [0.15, 0.2) is 0 Å². The van der Waals surface area contributed by atoms with Crippen LogP contribution in [0.1, 0.15) is 174 Å². The molecular formula is C40H76O17P2S. The highest BCUT2D eigenvalue weighted by atomic mass is 32.2. The first-order valence-corrected chi connectivity index (χ1v) is 26.1. The molecule has 0 bridgehead atoms. The van der Waals surface area contributed by atoms with E-state index in [1.54, 1.807) is 0 Å². The fraction of sp³-hybridized carbons (Fsp3) is 0.925. The summed E-state index contributed by atoms with van der Waals surface area (Å²) in [4.78, 5) is 65.9. The normalized spacial score (nSPS) is 22.3. The van der Waals surface area contributed by atoms with Gasteiger partial charge in [0.25, 0.3) is 0 Å². The number of rotatable bonds is 37. The van der Waals surface area contributed by atoms with Crippen molar-refractivity contribution in [2.75, 3.05) is 19.0 Å². The molecule has 1 fully saturated rings. The van der Waals surface area contributed by atoms with Gasteiger partial charge in [0, 0.05) is 18.6 Å². The van der Waals surface area contributed by atoms with E-state index in [9.17, 15) is 48.8 Å². The Balaban J connectivity index is 2.62. The Morgan fingerprint density at radius 3 is 1.57 bits per heavy atom. The smallest absolute Gasteiger partial charge is 0.466 e. The zero-order valence-corrected chi connectivity index (χ0v) is 38.5. The summed E-state index contributed by atoms with van der Waals surface area (Å²) in [7, 11) is -10.7. The van der Waals surface area contributed by atoms with Crippen molar-refractivity contribution in [3.8, 4) is 0 Å². The summed E-state index contributed by atoms with van der Waals surface area (Å²) < 4.78 is 49.2. The van der Waals surface area contributed by atoms with Crippen LogP contribution in [0.2, 0.25) is 0 Å². The third-order valence-electron chi connectivity index (χ3n) is 10.2. The van der Waals surface area contributed by atoms with Crippen molar-refractivity contribution in [3.05, 3.63) is 0 Å². The van der Waals surface area contributed by atoms with Crippen LogP contribution in [0.3, 0.4) is 0 Å². The minimum absolute atomic E-state index is 0.0236. The van der Waals surface area contributed by atoms with E-state index in [2.05, 4.69) is 11.4 Å². The second kappa shape index (κ2) is 33.5. The fourth-order valence-electron chi connectivity index (χ4n) is 6.78. The number of unbranched alkanes of at least 4 members (excludes halogenated alkanes) is 19. The van der Waals surface area contributed by atoms with Crippen molar-refractivity contribution in [1.82, 2.24) is 0 Å². The molecular weight excluding hydrogens is 846 g/mol. The molecule has 4 unspecified atom stereocenters. The number of carbonyl (C=O) groups is 3. The van der Waals surface area contributed by atoms with Crippen LogP contribution in [0.4, 0.5) is 0 Å². The van der Waals surface area contributed by atoms with E-state index in [4.69, 9.17) is 28.3 Å². The monoisotopic (exact) mass is 922 g/mol. The van der Waals surface area contributed by atoms with Gasteiger partial charge in [0.1, 0.15) is 42.7 Å². The van der Waals surface area contributed by atoms with Gasteiger partial charge in [-0.05, 0) is 25.7 Å². The Morgan fingerprint density at radius 2 is 1.05 bits per heavy atom. The van der Waals surface area contributed by atoms with Crippen molar-refractivity contribution < 1.29 is 81.7 Å². The van der Waals surface area contributed by atoms with E-state index in [1.165, 1.54) is 63.1 Å². The summed E-state index contributed by atoms with van der Waals surface area (Å²) in [5, 5.41) is 41.4. The van der Waals surface area contributed by atoms with E-state index in [0.717, 1.165) is 82.8 Å². The van der Waals surface area contributed by atoms with Gasteiger partial charge in [0.05, 0.1) is 19.6 Å². The predicted octanol–water partition coefficient (Wildman–Crippen LogP) is 6.93. The number of esters is 2. The zero-order valence-electron chi connectivity index (χ0n) is 35.9. The molecule has 0 saturated heterocycles. The molecule has 60 heavy (non-hydrogen) atoms. The Kier molecular flexibility index (Phi) is 31.9. The Labute approximate surface area is 361 Å². The van der Waals surface area contributed by atoms with E-state index in [1.807, 2.05) is 6.92 Å². The van der Waals surface area contributed by atoms with E-state index >= 15 is 0 Å². The SMILES string of the molecule is CCCCCCCCCCCCCCCC(=O)O[C@@H](COP(=O)(O)OC1C(O)[C@H](OP(=O)(O)O)C(O)[C@H](O)[C@@H]1O)CC(=O)OCCCCCCCCCCSC(=O)CCC. The van der Waals surface area contributed by atoms with Crippen molar-refractivity contribution in [2.45, 2.75) is 217 Å². The van der Waals surface area contributed by atoms with Gasteiger partial charge < -0.3 is 44.6 Å². The first-order chi connectivity index (χ1) is 28.5. The number of ether oxygens (including phenoxy) is 2. The maximum absolute atomic E-state index is 12.9. The average Bonchev–Trinajstić information content (AvgIpc) is 3.18. The van der Waals surface area contributed by atoms with E-state index in [0.29, 0.717) is 19.3 Å². The molecule has 7 N–H and O–H groups in total. The fourth-order valence-corrected chi connectivity index (χ4v) is 9.24. The quantitative estimate of drug-likeness (QED) is 0.0189. The van der Waals surface area contributed by atoms with Gasteiger partial charge in [-0.2, -0.15) is 0 Å². The maximum Gasteiger partial charge on any atom is 0.472 e. The van der Waals surface area contributed by atoms with E-state index in [-0.39, 0.29) is 18.1 Å². The van der Waals surface area contributed by atoms with Crippen LogP contribution < -0.4 is 0 Å². The standard InChI is InChI=1S/C40H76O17P2S/c1-3-5-6-7-8-9-10-11-12-13-16-19-22-26-32(41)55-31(29-33(42)53-27-23-20-17-14-15-18-21-24-28-60-34(43)25-4-2)30-54-59(51,52)57-40-37(46)35(44)36(45)39(38(40)47)56-58(48,49)50/h31,35-40,44-47H,3-30H2,1-2H3,(H,51,52)(H2,48,49,50)/t31-,35+,36?,37+,38?,39-,40?/m1/s1. The first-order valence-electron chi connectivity index (χ1n) is 22.1. The largest absolute Gasteiger partial charge is 0.472 e. The molecule has 1 rings (SSSR count). The van der Waals surface area contributed by atoms with Gasteiger partial charge in [0.15, 0.2) is 5.12 Å². The molecule has 0 aromatic heterocycles. The molecule has 1 aliphatic carbocycles. The maximum atomic E-state index is 12.9. The molecule has 0 aliphatic heterocycles. The lowest BCUT2D eigenvalue weighted by Crippen LogP contribution is -2.64. The molecule has 20 heteroatoms. The number of hydrogen-bond acceptors (Lipinski definition) is 15. The summed E-state index contributed by atoms with van der Waals surface area (Å²) in [5.74, 6) is -0.576. The predicted molar refractivity (Wildman–Crippen MR) is 227 cm³/mol. The Hall–Kier alpha value is -0.980. The lowest BCUT2D eigenvalue weighted by molar-refractivity contribution is -0.216. The van der Waals surface area contributed by atoms with Crippen LogP contribution in [-0.4, -0.2) is 114 Å². The molecule has 0 aromatic carbocycles. The zero-order chi connectivity index (χ0) is 44.8. The van der Waals surface area contributed by atoms with Crippen LogP contribution in [0.25, 0.3) is 0 Å². The second-order valence-corrected chi connectivity index (χ2v) is 19.4. The average molecular weight is 923 g/mol. The molecule has 0 aromatic rings. The van der Waals surface area contributed by atoms with E-state index < -0.39 is 83.3 Å². The lowest BCUT2D eigenvalue weighted by Gasteiger charge is -2.43. The molecule has 1 saturated carbocycles. The van der Waals surface area contributed by atoms with Gasteiger partial charge in [-0.25, -0.2) is 9.13 Å². The summed E-state index contributed by atoms with van der Waals surface area (Å²) in [6.07, 6.45) is 8.20. The van der Waals surface area contributed by atoms with Crippen molar-refractivity contribution >= 4 is 44.5 Å². The third kappa shape index (κ3) is 27.9. The number of hydrogen-bond donors (Lipinski definition) is 7. The second-order valence-electron chi connectivity index (χ2n) is 15.7. The number of thioether (sulfide) groups is 1. The van der Waals surface area contributed by atoms with Crippen LogP contribution >= 0.6 is 27.4 Å². The van der Waals surface area contributed by atoms with Gasteiger partial charge in [-0.15, -0.1) is 0 Å². The highest BCUT2D eigenvalue weighted by Crippen LogP contribution is 2.49. The molecule has 0 amide bonds. The Bertz CT molecular complexity index is 1260. The molecule has 17 nitrogen and oxygen atoms in total. The topological polar surface area (TPSA) is 273 Å². The van der Waals surface area contributed by atoms with Crippen LogP contribution in [0, 0.1) is 0 Å². The van der Waals surface area contributed by atoms with Crippen molar-refractivity contribution in [2.24, 2.45) is 0 Å². The summed E-state index contributed by atoms with van der Waals surface area (Å²) in [6, 6.07) is 0. The summed E-state index contributed by atoms with van der Waals surface area (Å²) in [5.41, 5.74) is 0. The molecule has 8 atom stereocenters. The molecule has 1 aliphatic rings. The minimum Gasteiger partial charge on any atom is -0.466 e. The number of phosphoric ester groups is 2. The minimum atomic E-state index is -5.37. The van der Waals surface area contributed by atoms with Crippen LogP contribution in [0.5, 0.6) is 0 Å². The van der Waals surface area contributed by atoms with Gasteiger partial charge in [-0.3, -0.25) is 28.0 Å². The number of aliphatic hydroxyl groups is 4. The third-order valence-corrected chi connectivity index (χ3v) is 12.7. The van der Waals surface area contributed by atoms with Crippen molar-refractivity contribution in [3.63, 3.8) is 0 Å². The van der Waals surface area contributed by atoms with Gasteiger partial charge >= 0.3 is 27.6 Å². The molecule has 354 valence electrons. The van der Waals surface area contributed by atoms with Crippen LogP contribution in [-0.2, 0) is 46.6 Å². The van der Waals surface area contributed by atoms with Gasteiger partial charge in [0.2, 0.25) is 0 Å². The highest BCUT2D eigenvalue weighted by Gasteiger charge is 2.54. The lowest BCUT2D eigenvalue weighted by atomic mass is 9.85. The summed E-state index contributed by atoms with van der Waals surface area (Å²) >= 11 is 1.41. The highest BCUT2D eigenvalue weighted by molar-refractivity contribution is 8.13. The van der Waals surface area contributed by atoms with Crippen molar-refractivity contribution in [1.29, 1.82) is 0 Å². The molecule has 0 heterocycles. The first kappa shape index (κ1) is 57.0. The summed E-state index contributed by atoms with van der Waals surface area (Å²) in [6.45, 7) is 3.44. The number of aliphatic hydroxyl groups excluding tert-OH is 4. The number of phosphoric acid groups is 2. The molecule has 0 radical (unpaired) electrons. The Morgan fingerprint density at radius 1 is 0.567 bits per heavy atom. The molecule has 0 spiro atoms.